The molecule has 1 saturated heterocycles. The van der Waals surface area contributed by atoms with Gasteiger partial charge in [0, 0.05) is 43.0 Å². The molecule has 0 bridgehead atoms. The second-order valence-electron chi connectivity index (χ2n) is 11.5. The molecule has 2 aliphatic heterocycles. The van der Waals surface area contributed by atoms with Gasteiger partial charge in [0.2, 0.25) is 5.91 Å². The van der Waals surface area contributed by atoms with Gasteiger partial charge in [-0.1, -0.05) is 56.3 Å². The molecule has 2 amide bonds. The van der Waals surface area contributed by atoms with Crippen LogP contribution in [0.25, 0.3) is 11.1 Å². The Balaban J connectivity index is 1.40. The predicted octanol–water partition coefficient (Wildman–Crippen LogP) is 6.60. The van der Waals surface area contributed by atoms with Gasteiger partial charge < -0.3 is 15.1 Å². The molecule has 0 spiro atoms. The molecule has 0 unspecified atom stereocenters. The average Bonchev–Trinajstić information content (AvgIpc) is 3.00. The van der Waals surface area contributed by atoms with Crippen molar-refractivity contribution in [3.63, 3.8) is 0 Å². The van der Waals surface area contributed by atoms with Gasteiger partial charge in [-0.05, 0) is 105 Å². The fourth-order valence-electron chi connectivity index (χ4n) is 6.40. The van der Waals surface area contributed by atoms with Crippen molar-refractivity contribution in [2.75, 3.05) is 43.4 Å². The third-order valence-corrected chi connectivity index (χ3v) is 8.64. The van der Waals surface area contributed by atoms with E-state index < -0.39 is 0 Å². The summed E-state index contributed by atoms with van der Waals surface area (Å²) in [6.07, 6.45) is 5.96. The van der Waals surface area contributed by atoms with Crippen LogP contribution < -0.4 is 10.2 Å². The summed E-state index contributed by atoms with van der Waals surface area (Å²) in [4.78, 5) is 32.7. The second kappa shape index (κ2) is 13.5. The molecule has 41 heavy (non-hydrogen) atoms. The number of nitrogens with zero attached hydrogens (tertiary/aromatic N) is 3. The minimum atomic E-state index is -0.134. The third-order valence-electron chi connectivity index (χ3n) is 8.64. The lowest BCUT2D eigenvalue weighted by Gasteiger charge is -2.39. The summed E-state index contributed by atoms with van der Waals surface area (Å²) in [6.45, 7) is 9.89. The quantitative estimate of drug-likeness (QED) is 0.308. The zero-order valence-corrected chi connectivity index (χ0v) is 24.9. The molecule has 216 valence electrons. The molecule has 1 fully saturated rings. The number of nitrogens with one attached hydrogen (secondary N) is 1. The first-order valence-corrected chi connectivity index (χ1v) is 15.3. The van der Waals surface area contributed by atoms with Gasteiger partial charge in [-0.25, -0.2) is 0 Å². The van der Waals surface area contributed by atoms with Crippen molar-refractivity contribution in [1.82, 2.24) is 9.80 Å². The molecule has 5 rings (SSSR count). The summed E-state index contributed by atoms with van der Waals surface area (Å²) < 4.78 is 0. The molecular weight excluding hydrogens is 508 g/mol. The van der Waals surface area contributed by atoms with Crippen molar-refractivity contribution in [1.29, 1.82) is 0 Å². The van der Waals surface area contributed by atoms with E-state index >= 15 is 0 Å². The summed E-state index contributed by atoms with van der Waals surface area (Å²) in [5.74, 6) is -0.0275. The van der Waals surface area contributed by atoms with Gasteiger partial charge >= 0.3 is 0 Å². The maximum Gasteiger partial charge on any atom is 0.255 e. The first kappa shape index (κ1) is 29.0. The first-order chi connectivity index (χ1) is 20.0. The standard InChI is InChI=1S/C35H44N4O2/c1-4-19-38-21-17-31(18-22-38)39(20-5-2)25-29-23-28(12-15-32(29)26-9-7-6-8-10-26)35(41)36-30-14-11-27-13-16-34(40)37(3)33(27)24-30/h6-12,14-15,23-24,31H,4-5,13,16-22,25H2,1-3H3,(H,36,41). The monoisotopic (exact) mass is 552 g/mol. The zero-order valence-electron chi connectivity index (χ0n) is 24.9. The summed E-state index contributed by atoms with van der Waals surface area (Å²) in [7, 11) is 1.80. The maximum atomic E-state index is 13.5. The fourth-order valence-corrected chi connectivity index (χ4v) is 6.40. The van der Waals surface area contributed by atoms with Crippen LogP contribution >= 0.6 is 0 Å². The highest BCUT2D eigenvalue weighted by Gasteiger charge is 2.25. The van der Waals surface area contributed by atoms with Gasteiger partial charge in [0.05, 0.1) is 0 Å². The Morgan fingerprint density at radius 1 is 0.951 bits per heavy atom. The molecule has 1 N–H and O–H groups in total. The van der Waals surface area contributed by atoms with Gasteiger partial charge in [-0.3, -0.25) is 14.5 Å². The minimum absolute atomic E-state index is 0.106. The lowest BCUT2D eigenvalue weighted by Crippen LogP contribution is -2.45. The predicted molar refractivity (Wildman–Crippen MR) is 168 cm³/mol. The van der Waals surface area contributed by atoms with Crippen LogP contribution in [-0.4, -0.2) is 60.9 Å². The topological polar surface area (TPSA) is 55.9 Å². The van der Waals surface area contributed by atoms with E-state index in [-0.39, 0.29) is 11.8 Å². The molecule has 0 atom stereocenters. The molecule has 3 aromatic carbocycles. The number of rotatable bonds is 10. The number of hydrogen-bond donors (Lipinski definition) is 1. The number of anilines is 2. The van der Waals surface area contributed by atoms with E-state index in [1.807, 2.05) is 30.3 Å². The van der Waals surface area contributed by atoms with Crippen LogP contribution in [-0.2, 0) is 17.8 Å². The molecule has 0 radical (unpaired) electrons. The Morgan fingerprint density at radius 3 is 2.46 bits per heavy atom. The van der Waals surface area contributed by atoms with Crippen LogP contribution in [0.4, 0.5) is 11.4 Å². The van der Waals surface area contributed by atoms with Gasteiger partial charge in [-0.15, -0.1) is 0 Å². The van der Waals surface area contributed by atoms with Crippen LogP contribution in [0.15, 0.2) is 66.7 Å². The largest absolute Gasteiger partial charge is 0.322 e. The number of hydrogen-bond acceptors (Lipinski definition) is 4. The molecule has 0 aliphatic carbocycles. The number of amides is 2. The Hall–Kier alpha value is -3.48. The van der Waals surface area contributed by atoms with E-state index in [2.05, 4.69) is 65.4 Å². The Morgan fingerprint density at radius 2 is 1.73 bits per heavy atom. The van der Waals surface area contributed by atoms with Crippen molar-refractivity contribution in [3.8, 4) is 11.1 Å². The fraction of sp³-hybridized carbons (Fsp3) is 0.429. The summed E-state index contributed by atoms with van der Waals surface area (Å²) in [5.41, 5.74) is 6.90. The Labute approximate surface area is 245 Å². The first-order valence-electron chi connectivity index (χ1n) is 15.3. The Bertz CT molecular complexity index is 1350. The molecule has 6 nitrogen and oxygen atoms in total. The Kier molecular flexibility index (Phi) is 9.53. The van der Waals surface area contributed by atoms with Crippen LogP contribution in [0.1, 0.15) is 67.4 Å². The van der Waals surface area contributed by atoms with E-state index in [9.17, 15) is 9.59 Å². The summed E-state index contributed by atoms with van der Waals surface area (Å²) in [5, 5.41) is 3.09. The molecule has 0 aromatic heterocycles. The van der Waals surface area contributed by atoms with Gasteiger partial charge in [0.25, 0.3) is 5.91 Å². The number of carbonyl (C=O) groups is 2. The molecule has 2 aliphatic rings. The smallest absolute Gasteiger partial charge is 0.255 e. The normalized spacial score (nSPS) is 16.2. The number of carbonyl (C=O) groups excluding carboxylic acids is 2. The van der Waals surface area contributed by atoms with Crippen LogP contribution in [0.3, 0.4) is 0 Å². The van der Waals surface area contributed by atoms with Crippen molar-refractivity contribution in [3.05, 3.63) is 83.4 Å². The maximum absolute atomic E-state index is 13.5. The van der Waals surface area contributed by atoms with Gasteiger partial charge in [-0.2, -0.15) is 0 Å². The molecular formula is C35H44N4O2. The number of aryl methyl sites for hydroxylation is 1. The van der Waals surface area contributed by atoms with Crippen LogP contribution in [0.2, 0.25) is 0 Å². The highest BCUT2D eigenvalue weighted by atomic mass is 16.2. The van der Waals surface area contributed by atoms with Gasteiger partial charge in [0.15, 0.2) is 0 Å². The number of benzene rings is 3. The van der Waals surface area contributed by atoms with E-state index in [1.165, 1.54) is 42.5 Å². The van der Waals surface area contributed by atoms with Crippen molar-refractivity contribution >= 4 is 23.2 Å². The second-order valence-corrected chi connectivity index (χ2v) is 11.5. The van der Waals surface area contributed by atoms with E-state index in [0.717, 1.165) is 50.3 Å². The lowest BCUT2D eigenvalue weighted by molar-refractivity contribution is -0.118. The SMILES string of the molecule is CCCN1CCC(N(CCC)Cc2cc(C(=O)Nc3ccc4c(c3)N(C)C(=O)CC4)ccc2-c2ccccc2)CC1. The zero-order chi connectivity index (χ0) is 28.8. The van der Waals surface area contributed by atoms with Gasteiger partial charge in [0.1, 0.15) is 0 Å². The van der Waals surface area contributed by atoms with Crippen LogP contribution in [0, 0.1) is 0 Å². The highest BCUT2D eigenvalue weighted by Crippen LogP contribution is 2.31. The van der Waals surface area contributed by atoms with E-state index in [1.54, 1.807) is 11.9 Å². The van der Waals surface area contributed by atoms with Crippen molar-refractivity contribution in [2.45, 2.75) is 65.0 Å². The molecule has 3 aromatic rings. The highest BCUT2D eigenvalue weighted by molar-refractivity contribution is 6.05. The summed E-state index contributed by atoms with van der Waals surface area (Å²) in [6, 6.07) is 23.0. The number of piperidine rings is 1. The number of likely N-dealkylation sites (tertiary alicyclic amines) is 1. The summed E-state index contributed by atoms with van der Waals surface area (Å²) >= 11 is 0. The number of fused-ring (bicyclic) bond motifs is 1. The molecule has 0 saturated carbocycles. The average molecular weight is 553 g/mol. The minimum Gasteiger partial charge on any atom is -0.322 e. The van der Waals surface area contributed by atoms with Crippen molar-refractivity contribution < 1.29 is 9.59 Å². The third kappa shape index (κ3) is 6.88. The van der Waals surface area contributed by atoms with E-state index in [0.29, 0.717) is 23.7 Å². The molecule has 6 heteroatoms. The molecule has 2 heterocycles. The van der Waals surface area contributed by atoms with E-state index in [4.69, 9.17) is 0 Å². The van der Waals surface area contributed by atoms with Crippen molar-refractivity contribution in [2.24, 2.45) is 0 Å². The lowest BCUT2D eigenvalue weighted by atomic mass is 9.95. The van der Waals surface area contributed by atoms with Crippen LogP contribution in [0.5, 0.6) is 0 Å².